The molecule has 0 spiro atoms. The predicted molar refractivity (Wildman–Crippen MR) is 139 cm³/mol. The van der Waals surface area contributed by atoms with E-state index in [0.717, 1.165) is 0 Å². The average molecular weight is 532 g/mol. The molecule has 1 fully saturated rings. The fourth-order valence-corrected chi connectivity index (χ4v) is 5.19. The SMILES string of the molecule is CC(C)(C)N(C(=O)O)C1CCN(c2nc(C(=O)NCc3cc(Cl)cc(Cl)c3)c(O)c3ncccc23)C1. The molecule has 1 atom stereocenters. The van der Waals surface area contributed by atoms with Gasteiger partial charge < -0.3 is 20.4 Å². The van der Waals surface area contributed by atoms with Crippen molar-refractivity contribution in [3.63, 3.8) is 0 Å². The Labute approximate surface area is 218 Å². The highest BCUT2D eigenvalue weighted by molar-refractivity contribution is 6.34. The van der Waals surface area contributed by atoms with Crippen molar-refractivity contribution < 1.29 is 19.8 Å². The molecule has 3 heterocycles. The van der Waals surface area contributed by atoms with Crippen LogP contribution in [-0.2, 0) is 6.54 Å². The van der Waals surface area contributed by atoms with Crippen LogP contribution in [0.15, 0.2) is 36.5 Å². The van der Waals surface area contributed by atoms with Crippen molar-refractivity contribution in [3.05, 3.63) is 57.8 Å². The Balaban J connectivity index is 1.65. The molecule has 11 heteroatoms. The summed E-state index contributed by atoms with van der Waals surface area (Å²) in [6.07, 6.45) is 1.14. The average Bonchev–Trinajstić information content (AvgIpc) is 3.25. The maximum Gasteiger partial charge on any atom is 0.408 e. The Morgan fingerprint density at radius 1 is 1.22 bits per heavy atom. The maximum atomic E-state index is 13.1. The van der Waals surface area contributed by atoms with E-state index >= 15 is 0 Å². The minimum absolute atomic E-state index is 0.126. The van der Waals surface area contributed by atoms with Crippen LogP contribution in [0.3, 0.4) is 0 Å². The van der Waals surface area contributed by atoms with E-state index in [9.17, 15) is 19.8 Å². The summed E-state index contributed by atoms with van der Waals surface area (Å²) < 4.78 is 0. The highest BCUT2D eigenvalue weighted by Gasteiger charge is 2.38. The first-order chi connectivity index (χ1) is 17.0. The van der Waals surface area contributed by atoms with Crippen LogP contribution in [0, 0.1) is 0 Å². The Kier molecular flexibility index (Phi) is 7.15. The number of nitrogens with one attached hydrogen (secondary N) is 1. The number of halogens is 2. The molecule has 2 aromatic heterocycles. The summed E-state index contributed by atoms with van der Waals surface area (Å²) in [5.41, 5.74) is 0.191. The lowest BCUT2D eigenvalue weighted by atomic mass is 10.0. The molecule has 36 heavy (non-hydrogen) atoms. The molecular formula is C25H27Cl2N5O4. The van der Waals surface area contributed by atoms with Crippen LogP contribution in [0.2, 0.25) is 10.0 Å². The molecule has 0 radical (unpaired) electrons. The van der Waals surface area contributed by atoms with E-state index in [1.165, 1.54) is 11.1 Å². The van der Waals surface area contributed by atoms with Crippen LogP contribution in [0.1, 0.15) is 43.2 Å². The number of aromatic nitrogens is 2. The van der Waals surface area contributed by atoms with Gasteiger partial charge in [-0.15, -0.1) is 0 Å². The van der Waals surface area contributed by atoms with Gasteiger partial charge in [0.05, 0.1) is 6.04 Å². The Hall–Kier alpha value is -3.30. The van der Waals surface area contributed by atoms with Gasteiger partial charge in [-0.3, -0.25) is 14.7 Å². The zero-order valence-corrected chi connectivity index (χ0v) is 21.6. The molecule has 0 aliphatic carbocycles. The van der Waals surface area contributed by atoms with E-state index in [4.69, 9.17) is 23.2 Å². The van der Waals surface area contributed by atoms with Crippen molar-refractivity contribution >= 4 is 51.9 Å². The first kappa shape index (κ1) is 25.8. The van der Waals surface area contributed by atoms with Crippen LogP contribution in [-0.4, -0.2) is 61.8 Å². The van der Waals surface area contributed by atoms with Gasteiger partial charge in [-0.2, -0.15) is 0 Å². The van der Waals surface area contributed by atoms with Gasteiger partial charge in [-0.1, -0.05) is 23.2 Å². The van der Waals surface area contributed by atoms with Crippen LogP contribution >= 0.6 is 23.2 Å². The van der Waals surface area contributed by atoms with Crippen molar-refractivity contribution in [2.45, 2.75) is 45.3 Å². The van der Waals surface area contributed by atoms with E-state index in [-0.39, 0.29) is 29.5 Å². The quantitative estimate of drug-likeness (QED) is 0.427. The van der Waals surface area contributed by atoms with Crippen molar-refractivity contribution in [3.8, 4) is 5.75 Å². The summed E-state index contributed by atoms with van der Waals surface area (Å²) in [5.74, 6) is -0.447. The second-order valence-corrected chi connectivity index (χ2v) is 10.6. The minimum Gasteiger partial charge on any atom is -0.504 e. The molecule has 1 unspecified atom stereocenters. The van der Waals surface area contributed by atoms with Gasteiger partial charge in [0.1, 0.15) is 11.3 Å². The van der Waals surface area contributed by atoms with Crippen LogP contribution in [0.4, 0.5) is 10.6 Å². The molecule has 1 aliphatic heterocycles. The molecule has 1 aliphatic rings. The highest BCUT2D eigenvalue weighted by Crippen LogP contribution is 2.35. The summed E-state index contributed by atoms with van der Waals surface area (Å²) in [7, 11) is 0. The van der Waals surface area contributed by atoms with Crippen LogP contribution in [0.25, 0.3) is 10.9 Å². The van der Waals surface area contributed by atoms with Gasteiger partial charge in [0.15, 0.2) is 11.4 Å². The van der Waals surface area contributed by atoms with Crippen molar-refractivity contribution in [2.24, 2.45) is 0 Å². The third kappa shape index (κ3) is 5.27. The van der Waals surface area contributed by atoms with Crippen molar-refractivity contribution in [1.29, 1.82) is 0 Å². The number of hydrogen-bond acceptors (Lipinski definition) is 6. The topological polar surface area (TPSA) is 119 Å². The number of hydrogen-bond donors (Lipinski definition) is 3. The van der Waals surface area contributed by atoms with Gasteiger partial charge in [-0.05, 0) is 63.1 Å². The number of amides is 2. The Morgan fingerprint density at radius 3 is 2.56 bits per heavy atom. The summed E-state index contributed by atoms with van der Waals surface area (Å²) >= 11 is 12.1. The molecular weight excluding hydrogens is 505 g/mol. The number of anilines is 1. The number of carbonyl (C=O) groups excluding carboxylic acids is 1. The number of benzene rings is 1. The summed E-state index contributed by atoms with van der Waals surface area (Å²) in [5, 5.41) is 24.9. The third-order valence-corrected chi connectivity index (χ3v) is 6.50. The molecule has 0 bridgehead atoms. The van der Waals surface area contributed by atoms with E-state index in [1.54, 1.807) is 30.3 Å². The van der Waals surface area contributed by atoms with Crippen molar-refractivity contribution in [2.75, 3.05) is 18.0 Å². The number of nitrogens with zero attached hydrogens (tertiary/aromatic N) is 4. The van der Waals surface area contributed by atoms with Gasteiger partial charge in [0.25, 0.3) is 5.91 Å². The standard InChI is InChI=1S/C25H27Cl2N5O4/c1-25(2,3)32(24(35)36)17-6-8-31(13-17)22-18-5-4-7-28-19(18)21(33)20(30-22)23(34)29-12-14-9-15(26)11-16(27)10-14/h4-5,7,9-11,17,33H,6,8,12-13H2,1-3H3,(H,29,34)(H,35,36). The third-order valence-electron chi connectivity index (χ3n) is 6.06. The van der Waals surface area contributed by atoms with Gasteiger partial charge in [0.2, 0.25) is 0 Å². The number of carbonyl (C=O) groups is 2. The zero-order chi connectivity index (χ0) is 26.2. The smallest absolute Gasteiger partial charge is 0.408 e. The second kappa shape index (κ2) is 9.99. The molecule has 3 aromatic rings. The predicted octanol–water partition coefficient (Wildman–Crippen LogP) is 4.93. The van der Waals surface area contributed by atoms with Gasteiger partial charge >= 0.3 is 6.09 Å². The zero-order valence-electron chi connectivity index (χ0n) is 20.1. The molecule has 9 nitrogen and oxygen atoms in total. The lowest BCUT2D eigenvalue weighted by Crippen LogP contribution is -2.52. The van der Waals surface area contributed by atoms with Gasteiger partial charge in [-0.25, -0.2) is 9.78 Å². The minimum atomic E-state index is -0.985. The summed E-state index contributed by atoms with van der Waals surface area (Å²) in [6, 6.07) is 8.20. The normalized spacial score (nSPS) is 15.8. The van der Waals surface area contributed by atoms with E-state index in [2.05, 4.69) is 15.3 Å². The number of fused-ring (bicyclic) bond motifs is 1. The molecule has 0 saturated carbocycles. The largest absolute Gasteiger partial charge is 0.504 e. The monoisotopic (exact) mass is 531 g/mol. The lowest BCUT2D eigenvalue weighted by molar-refractivity contribution is 0.0762. The number of rotatable bonds is 5. The summed E-state index contributed by atoms with van der Waals surface area (Å²) in [6.45, 7) is 6.63. The first-order valence-corrected chi connectivity index (χ1v) is 12.2. The van der Waals surface area contributed by atoms with Crippen LogP contribution < -0.4 is 10.2 Å². The lowest BCUT2D eigenvalue weighted by Gasteiger charge is -2.38. The molecule has 4 rings (SSSR count). The Bertz CT molecular complexity index is 1310. The first-order valence-electron chi connectivity index (χ1n) is 11.4. The molecule has 2 amide bonds. The number of aromatic hydroxyl groups is 1. The number of carboxylic acid groups (broad SMARTS) is 1. The molecule has 1 saturated heterocycles. The maximum absolute atomic E-state index is 13.1. The molecule has 1 aromatic carbocycles. The summed E-state index contributed by atoms with van der Waals surface area (Å²) in [4.78, 5) is 37.3. The molecule has 190 valence electrons. The van der Waals surface area contributed by atoms with E-state index in [1.807, 2.05) is 25.7 Å². The van der Waals surface area contributed by atoms with E-state index < -0.39 is 17.5 Å². The highest BCUT2D eigenvalue weighted by atomic mass is 35.5. The fourth-order valence-electron chi connectivity index (χ4n) is 4.62. The van der Waals surface area contributed by atoms with Crippen molar-refractivity contribution in [1.82, 2.24) is 20.2 Å². The number of pyridine rings is 2. The van der Waals surface area contributed by atoms with Gasteiger partial charge in [0, 0.05) is 46.8 Å². The molecule has 3 N–H and O–H groups in total. The Morgan fingerprint density at radius 2 is 1.92 bits per heavy atom. The van der Waals surface area contributed by atoms with Crippen LogP contribution in [0.5, 0.6) is 5.75 Å². The van der Waals surface area contributed by atoms with E-state index in [0.29, 0.717) is 46.3 Å². The fraction of sp³-hybridized carbons (Fsp3) is 0.360. The second-order valence-electron chi connectivity index (χ2n) is 9.70.